The molecule has 0 spiro atoms. The van der Waals surface area contributed by atoms with Gasteiger partial charge in [0.15, 0.2) is 5.90 Å². The number of hydrogen-bond acceptors (Lipinski definition) is 4. The smallest absolute Gasteiger partial charge is 0.200 e. The van der Waals surface area contributed by atoms with Gasteiger partial charge in [-0.1, -0.05) is 6.92 Å². The maximum absolute atomic E-state index is 5.17. The summed E-state index contributed by atoms with van der Waals surface area (Å²) < 4.78 is 10.3. The maximum atomic E-state index is 5.17. The van der Waals surface area contributed by atoms with E-state index in [0.29, 0.717) is 6.04 Å². The monoisotopic (exact) mass is 186 g/mol. The lowest BCUT2D eigenvalue weighted by Gasteiger charge is -2.31. The topological polar surface area (TPSA) is 42.8 Å². The van der Waals surface area contributed by atoms with Gasteiger partial charge in [0.1, 0.15) is 0 Å². The van der Waals surface area contributed by atoms with Crippen molar-refractivity contribution in [1.82, 2.24) is 5.32 Å². The average Bonchev–Trinajstić information content (AvgIpc) is 2.09. The van der Waals surface area contributed by atoms with Crippen LogP contribution in [0.4, 0.5) is 0 Å². The Kier molecular flexibility index (Phi) is 4.18. The van der Waals surface area contributed by atoms with E-state index in [9.17, 15) is 0 Å². The highest BCUT2D eigenvalue weighted by Crippen LogP contribution is 2.04. The largest absolute Gasteiger partial charge is 0.483 e. The second kappa shape index (κ2) is 5.19. The van der Waals surface area contributed by atoms with Crippen LogP contribution in [0.15, 0.2) is 4.99 Å². The fourth-order valence-electron chi connectivity index (χ4n) is 1.37. The second-order valence-electron chi connectivity index (χ2n) is 3.13. The molecule has 0 aromatic rings. The molecule has 1 aliphatic rings. The molecular weight excluding hydrogens is 168 g/mol. The number of aliphatic imine (C=N–C) groups is 1. The van der Waals surface area contributed by atoms with Gasteiger partial charge in [0.25, 0.3) is 0 Å². The number of methoxy groups -OCH3 is 1. The Labute approximate surface area is 79.3 Å². The van der Waals surface area contributed by atoms with Crippen LogP contribution < -0.4 is 5.32 Å². The Balaban J connectivity index is 2.40. The number of rotatable bonds is 4. The highest BCUT2D eigenvalue weighted by Gasteiger charge is 2.23. The van der Waals surface area contributed by atoms with Crippen molar-refractivity contribution in [2.45, 2.75) is 25.4 Å². The fourth-order valence-corrected chi connectivity index (χ4v) is 1.37. The van der Waals surface area contributed by atoms with Crippen LogP contribution in [-0.4, -0.2) is 45.4 Å². The van der Waals surface area contributed by atoms with Crippen LogP contribution in [0.5, 0.6) is 0 Å². The molecule has 4 heteroatoms. The molecule has 0 bridgehead atoms. The lowest BCUT2D eigenvalue weighted by atomic mass is 10.1. The van der Waals surface area contributed by atoms with Crippen LogP contribution in [0.25, 0.3) is 0 Å². The molecule has 4 nitrogen and oxygen atoms in total. The predicted octanol–water partition coefficient (Wildman–Crippen LogP) is 0.428. The van der Waals surface area contributed by atoms with Crippen molar-refractivity contribution in [2.24, 2.45) is 4.99 Å². The first-order valence-corrected chi connectivity index (χ1v) is 4.66. The van der Waals surface area contributed by atoms with Gasteiger partial charge in [0.05, 0.1) is 32.4 Å². The number of nitrogens with one attached hydrogen (secondary N) is 1. The van der Waals surface area contributed by atoms with Gasteiger partial charge >= 0.3 is 0 Å². The average molecular weight is 186 g/mol. The van der Waals surface area contributed by atoms with E-state index in [-0.39, 0.29) is 6.04 Å². The molecule has 1 heterocycles. The molecule has 1 fully saturated rings. The molecule has 0 aromatic heterocycles. The first-order valence-electron chi connectivity index (χ1n) is 4.66. The van der Waals surface area contributed by atoms with E-state index in [1.807, 2.05) is 0 Å². The van der Waals surface area contributed by atoms with Crippen molar-refractivity contribution in [3.8, 4) is 0 Å². The van der Waals surface area contributed by atoms with Gasteiger partial charge in [-0.15, -0.1) is 0 Å². The predicted molar refractivity (Wildman–Crippen MR) is 52.2 cm³/mol. The third kappa shape index (κ3) is 2.67. The molecule has 13 heavy (non-hydrogen) atoms. The van der Waals surface area contributed by atoms with Crippen molar-refractivity contribution in [3.63, 3.8) is 0 Å². The van der Waals surface area contributed by atoms with Gasteiger partial charge in [0, 0.05) is 7.05 Å². The molecule has 1 saturated heterocycles. The summed E-state index contributed by atoms with van der Waals surface area (Å²) in [5, 5.41) is 3.42. The first-order chi connectivity index (χ1) is 6.31. The van der Waals surface area contributed by atoms with E-state index in [0.717, 1.165) is 25.5 Å². The normalized spacial score (nSPS) is 21.0. The van der Waals surface area contributed by atoms with Crippen LogP contribution >= 0.6 is 0 Å². The molecule has 0 radical (unpaired) electrons. The van der Waals surface area contributed by atoms with Crippen LogP contribution in [0.3, 0.4) is 0 Å². The fraction of sp³-hybridized carbons (Fsp3) is 0.889. The highest BCUT2D eigenvalue weighted by atomic mass is 16.5. The number of nitrogens with zero attached hydrogens (tertiary/aromatic N) is 1. The van der Waals surface area contributed by atoms with Crippen molar-refractivity contribution < 1.29 is 9.47 Å². The van der Waals surface area contributed by atoms with Crippen molar-refractivity contribution in [2.75, 3.05) is 27.4 Å². The van der Waals surface area contributed by atoms with E-state index in [1.165, 1.54) is 0 Å². The van der Waals surface area contributed by atoms with E-state index >= 15 is 0 Å². The lowest BCUT2D eigenvalue weighted by Crippen LogP contribution is -2.52. The molecule has 1 atom stereocenters. The summed E-state index contributed by atoms with van der Waals surface area (Å²) in [6.07, 6.45) is 0.983. The zero-order valence-corrected chi connectivity index (χ0v) is 8.54. The molecule has 0 amide bonds. The Morgan fingerprint density at radius 1 is 1.69 bits per heavy atom. The molecule has 1 aliphatic heterocycles. The Bertz CT molecular complexity index is 178. The Morgan fingerprint density at radius 2 is 2.38 bits per heavy atom. The number of hydrogen-bond donors (Lipinski definition) is 1. The molecule has 0 aromatic carbocycles. The van der Waals surface area contributed by atoms with Crippen molar-refractivity contribution in [1.29, 1.82) is 0 Å². The zero-order chi connectivity index (χ0) is 9.68. The SMILES string of the molecule is CCC(NC1COC1)C(=NC)OC. The molecule has 76 valence electrons. The van der Waals surface area contributed by atoms with Crippen LogP contribution in [0, 0.1) is 0 Å². The van der Waals surface area contributed by atoms with Crippen LogP contribution in [0.1, 0.15) is 13.3 Å². The van der Waals surface area contributed by atoms with Crippen LogP contribution in [-0.2, 0) is 9.47 Å². The second-order valence-corrected chi connectivity index (χ2v) is 3.13. The summed E-state index contributed by atoms with van der Waals surface area (Å²) in [5.41, 5.74) is 0. The summed E-state index contributed by atoms with van der Waals surface area (Å²) in [5.74, 6) is 0.773. The van der Waals surface area contributed by atoms with E-state index < -0.39 is 0 Å². The summed E-state index contributed by atoms with van der Waals surface area (Å²) in [7, 11) is 3.41. The lowest BCUT2D eigenvalue weighted by molar-refractivity contribution is -0.00790. The van der Waals surface area contributed by atoms with Crippen molar-refractivity contribution in [3.05, 3.63) is 0 Å². The minimum atomic E-state index is 0.226. The summed E-state index contributed by atoms with van der Waals surface area (Å²) in [4.78, 5) is 4.08. The van der Waals surface area contributed by atoms with E-state index in [1.54, 1.807) is 14.2 Å². The third-order valence-corrected chi connectivity index (χ3v) is 2.21. The minimum Gasteiger partial charge on any atom is -0.483 e. The first kappa shape index (κ1) is 10.5. The van der Waals surface area contributed by atoms with Crippen LogP contribution in [0.2, 0.25) is 0 Å². The molecule has 0 aliphatic carbocycles. The standard InChI is InChI=1S/C9H18N2O2/c1-4-8(9(10-2)12-3)11-7-5-13-6-7/h7-8,11H,4-6H2,1-3H3. The van der Waals surface area contributed by atoms with E-state index in [2.05, 4.69) is 17.2 Å². The molecular formula is C9H18N2O2. The molecule has 1 unspecified atom stereocenters. The summed E-state index contributed by atoms with van der Waals surface area (Å²) in [6.45, 7) is 3.72. The quantitative estimate of drug-likeness (QED) is 0.511. The molecule has 1 rings (SSSR count). The van der Waals surface area contributed by atoms with Gasteiger partial charge in [-0.3, -0.25) is 10.3 Å². The molecule has 0 saturated carbocycles. The summed E-state index contributed by atoms with van der Waals surface area (Å²) >= 11 is 0. The van der Waals surface area contributed by atoms with Gasteiger partial charge in [0.2, 0.25) is 0 Å². The summed E-state index contributed by atoms with van der Waals surface area (Å²) in [6, 6.07) is 0.695. The highest BCUT2D eigenvalue weighted by molar-refractivity contribution is 5.81. The Morgan fingerprint density at radius 3 is 2.69 bits per heavy atom. The third-order valence-electron chi connectivity index (χ3n) is 2.21. The van der Waals surface area contributed by atoms with Gasteiger partial charge < -0.3 is 9.47 Å². The van der Waals surface area contributed by atoms with Crippen molar-refractivity contribution >= 4 is 5.90 Å². The van der Waals surface area contributed by atoms with Gasteiger partial charge in [-0.2, -0.15) is 0 Å². The Hall–Kier alpha value is -0.610. The van der Waals surface area contributed by atoms with Gasteiger partial charge in [-0.05, 0) is 6.42 Å². The zero-order valence-electron chi connectivity index (χ0n) is 8.54. The minimum absolute atomic E-state index is 0.226. The number of ether oxygens (including phenoxy) is 2. The van der Waals surface area contributed by atoms with Gasteiger partial charge in [-0.25, -0.2) is 0 Å². The maximum Gasteiger partial charge on any atom is 0.200 e. The molecule has 1 N–H and O–H groups in total. The van der Waals surface area contributed by atoms with E-state index in [4.69, 9.17) is 9.47 Å².